The number of allylic oxidation sites excluding steroid dienone is 3. The van der Waals surface area contributed by atoms with Crippen molar-refractivity contribution in [3.8, 4) is 6.07 Å². The Hall–Kier alpha value is -2.81. The Morgan fingerprint density at radius 3 is 2.65 bits per heavy atom. The molecule has 0 aromatic carbocycles. The summed E-state index contributed by atoms with van der Waals surface area (Å²) in [5, 5.41) is 9.09. The predicted molar refractivity (Wildman–Crippen MR) is 87.7 cm³/mol. The van der Waals surface area contributed by atoms with Gasteiger partial charge in [0.25, 0.3) is 0 Å². The van der Waals surface area contributed by atoms with Crippen molar-refractivity contribution in [3.63, 3.8) is 0 Å². The predicted octanol–water partition coefficient (Wildman–Crippen LogP) is 2.19. The summed E-state index contributed by atoms with van der Waals surface area (Å²) in [7, 11) is 0. The van der Waals surface area contributed by atoms with Crippen molar-refractivity contribution >= 4 is 16.7 Å². The first-order chi connectivity index (χ1) is 11.2. The lowest BCUT2D eigenvalue weighted by atomic mass is 10.2. The highest BCUT2D eigenvalue weighted by Gasteiger charge is 2.30. The SMILES string of the molecule is N#Cc1ccc2nc(C(/C=C(\N)C3CC3)=C/N)n(C3CC3)c2n1. The first-order valence-corrected chi connectivity index (χ1v) is 7.89. The zero-order chi connectivity index (χ0) is 16.0. The molecular weight excluding hydrogens is 288 g/mol. The first-order valence-electron chi connectivity index (χ1n) is 7.89. The molecule has 2 fully saturated rings. The Labute approximate surface area is 134 Å². The molecule has 0 spiro atoms. The molecule has 0 radical (unpaired) electrons. The van der Waals surface area contributed by atoms with E-state index in [2.05, 4.69) is 15.6 Å². The van der Waals surface area contributed by atoms with Crippen LogP contribution < -0.4 is 11.5 Å². The summed E-state index contributed by atoms with van der Waals surface area (Å²) in [6.07, 6.45) is 7.97. The minimum absolute atomic E-state index is 0.377. The van der Waals surface area contributed by atoms with Gasteiger partial charge in [-0.05, 0) is 49.8 Å². The van der Waals surface area contributed by atoms with Crippen molar-refractivity contribution in [2.24, 2.45) is 17.4 Å². The summed E-state index contributed by atoms with van der Waals surface area (Å²) in [6, 6.07) is 6.00. The Morgan fingerprint density at radius 2 is 2.04 bits per heavy atom. The highest BCUT2D eigenvalue weighted by molar-refractivity contribution is 5.80. The lowest BCUT2D eigenvalue weighted by Crippen LogP contribution is -2.05. The fourth-order valence-corrected chi connectivity index (χ4v) is 2.82. The number of nitrogens with two attached hydrogens (primary N) is 2. The number of aromatic nitrogens is 3. The van der Waals surface area contributed by atoms with E-state index < -0.39 is 0 Å². The molecule has 2 aliphatic rings. The Bertz CT molecular complexity index is 874. The average Bonchev–Trinajstić information content (AvgIpc) is 3.47. The molecule has 23 heavy (non-hydrogen) atoms. The molecule has 2 saturated carbocycles. The van der Waals surface area contributed by atoms with Gasteiger partial charge < -0.3 is 16.0 Å². The molecule has 0 atom stereocenters. The highest BCUT2D eigenvalue weighted by atomic mass is 15.2. The van der Waals surface area contributed by atoms with Gasteiger partial charge in [-0.3, -0.25) is 0 Å². The zero-order valence-corrected chi connectivity index (χ0v) is 12.7. The van der Waals surface area contributed by atoms with Crippen LogP contribution in [0, 0.1) is 17.2 Å². The van der Waals surface area contributed by atoms with Crippen molar-refractivity contribution in [1.82, 2.24) is 14.5 Å². The molecule has 0 aliphatic heterocycles. The minimum atomic E-state index is 0.377. The third kappa shape index (κ3) is 2.44. The lowest BCUT2D eigenvalue weighted by molar-refractivity contribution is 0.744. The molecule has 2 aromatic heterocycles. The van der Waals surface area contributed by atoms with E-state index in [0.29, 0.717) is 17.7 Å². The van der Waals surface area contributed by atoms with Crippen molar-refractivity contribution in [3.05, 3.63) is 41.6 Å². The van der Waals surface area contributed by atoms with Crippen LogP contribution in [-0.2, 0) is 0 Å². The van der Waals surface area contributed by atoms with Gasteiger partial charge in [-0.25, -0.2) is 9.97 Å². The largest absolute Gasteiger partial charge is 0.404 e. The summed E-state index contributed by atoms with van der Waals surface area (Å²) >= 11 is 0. The molecule has 6 nitrogen and oxygen atoms in total. The topological polar surface area (TPSA) is 107 Å². The molecule has 6 heteroatoms. The van der Waals surface area contributed by atoms with Gasteiger partial charge in [-0.15, -0.1) is 0 Å². The fourth-order valence-electron chi connectivity index (χ4n) is 2.82. The van der Waals surface area contributed by atoms with Crippen LogP contribution >= 0.6 is 0 Å². The van der Waals surface area contributed by atoms with E-state index in [1.807, 2.05) is 12.1 Å². The summed E-state index contributed by atoms with van der Waals surface area (Å²) in [5.41, 5.74) is 15.6. The van der Waals surface area contributed by atoms with Crippen LogP contribution in [0.3, 0.4) is 0 Å². The molecule has 0 amide bonds. The first kappa shape index (κ1) is 13.8. The van der Waals surface area contributed by atoms with Gasteiger partial charge in [0.05, 0.1) is 0 Å². The van der Waals surface area contributed by atoms with Gasteiger partial charge in [0.2, 0.25) is 0 Å². The second kappa shape index (κ2) is 5.13. The van der Waals surface area contributed by atoms with Gasteiger partial charge in [0.1, 0.15) is 23.1 Å². The molecule has 4 rings (SSSR count). The Morgan fingerprint density at radius 1 is 1.26 bits per heavy atom. The number of hydrogen-bond donors (Lipinski definition) is 2. The van der Waals surface area contributed by atoms with Gasteiger partial charge in [0.15, 0.2) is 5.65 Å². The molecule has 0 bridgehead atoms. The number of fused-ring (bicyclic) bond motifs is 1. The second-order valence-corrected chi connectivity index (χ2v) is 6.23. The maximum Gasteiger partial charge on any atom is 0.162 e. The number of hydrogen-bond acceptors (Lipinski definition) is 5. The number of imidazole rings is 1. The van der Waals surface area contributed by atoms with E-state index in [9.17, 15) is 0 Å². The van der Waals surface area contributed by atoms with E-state index in [1.54, 1.807) is 12.3 Å². The fraction of sp³-hybridized carbons (Fsp3) is 0.353. The molecule has 2 aliphatic carbocycles. The lowest BCUT2D eigenvalue weighted by Gasteiger charge is -2.08. The van der Waals surface area contributed by atoms with Gasteiger partial charge in [-0.2, -0.15) is 5.26 Å². The number of nitrogens with zero attached hydrogens (tertiary/aromatic N) is 4. The van der Waals surface area contributed by atoms with Crippen LogP contribution in [0.25, 0.3) is 16.7 Å². The third-order valence-corrected chi connectivity index (χ3v) is 4.37. The molecule has 2 aromatic rings. The summed E-state index contributed by atoms with van der Waals surface area (Å²) in [4.78, 5) is 9.13. The quantitative estimate of drug-likeness (QED) is 0.842. The van der Waals surface area contributed by atoms with Gasteiger partial charge in [-0.1, -0.05) is 0 Å². The number of pyridine rings is 1. The Kier molecular flexibility index (Phi) is 3.08. The standard InChI is InChI=1S/C17H18N6/c18-8-11(7-14(20)10-1-2-10)16-22-15-6-3-12(9-19)21-17(15)23(16)13-4-5-13/h3,6-8,10,13H,1-2,4-5,18,20H2/b11-8+,14-7-. The molecule has 0 saturated heterocycles. The Balaban J connectivity index is 1.87. The maximum absolute atomic E-state index is 9.09. The molecule has 116 valence electrons. The third-order valence-electron chi connectivity index (χ3n) is 4.37. The van der Waals surface area contributed by atoms with E-state index in [1.165, 1.54) is 0 Å². The monoisotopic (exact) mass is 306 g/mol. The van der Waals surface area contributed by atoms with Crippen molar-refractivity contribution in [1.29, 1.82) is 5.26 Å². The summed E-state index contributed by atoms with van der Waals surface area (Å²) < 4.78 is 2.10. The average molecular weight is 306 g/mol. The molecule has 0 unspecified atom stereocenters. The van der Waals surface area contributed by atoms with Crippen LogP contribution in [-0.4, -0.2) is 14.5 Å². The van der Waals surface area contributed by atoms with Crippen molar-refractivity contribution in [2.75, 3.05) is 0 Å². The second-order valence-electron chi connectivity index (χ2n) is 6.23. The summed E-state index contributed by atoms with van der Waals surface area (Å²) in [5.74, 6) is 1.27. The molecular formula is C17H18N6. The highest BCUT2D eigenvalue weighted by Crippen LogP contribution is 2.40. The minimum Gasteiger partial charge on any atom is -0.404 e. The van der Waals surface area contributed by atoms with E-state index in [0.717, 1.165) is 53.9 Å². The van der Waals surface area contributed by atoms with Crippen LogP contribution in [0.4, 0.5) is 0 Å². The van der Waals surface area contributed by atoms with Crippen molar-refractivity contribution in [2.45, 2.75) is 31.7 Å². The maximum atomic E-state index is 9.09. The number of rotatable bonds is 4. The zero-order valence-electron chi connectivity index (χ0n) is 12.7. The van der Waals surface area contributed by atoms with E-state index in [4.69, 9.17) is 21.7 Å². The summed E-state index contributed by atoms with van der Waals surface area (Å²) in [6.45, 7) is 0. The molecule has 4 N–H and O–H groups in total. The van der Waals surface area contributed by atoms with E-state index in [-0.39, 0.29) is 0 Å². The van der Waals surface area contributed by atoms with Crippen LogP contribution in [0.5, 0.6) is 0 Å². The van der Waals surface area contributed by atoms with Crippen LogP contribution in [0.2, 0.25) is 0 Å². The van der Waals surface area contributed by atoms with E-state index >= 15 is 0 Å². The van der Waals surface area contributed by atoms with Crippen LogP contribution in [0.15, 0.2) is 30.1 Å². The van der Waals surface area contributed by atoms with Crippen LogP contribution in [0.1, 0.15) is 43.2 Å². The van der Waals surface area contributed by atoms with Gasteiger partial charge in [0, 0.05) is 23.5 Å². The smallest absolute Gasteiger partial charge is 0.162 e. The van der Waals surface area contributed by atoms with Gasteiger partial charge >= 0.3 is 0 Å². The normalized spacial score (nSPS) is 19.1. The molecule has 2 heterocycles. The van der Waals surface area contributed by atoms with Crippen molar-refractivity contribution < 1.29 is 0 Å². The number of nitriles is 1.